The number of rotatable bonds is 7. The predicted molar refractivity (Wildman–Crippen MR) is 67.5 cm³/mol. The van der Waals surface area contributed by atoms with E-state index in [-0.39, 0.29) is 6.10 Å². The summed E-state index contributed by atoms with van der Waals surface area (Å²) in [6, 6.07) is 0. The molecular weight excluding hydrogens is 200 g/mol. The van der Waals surface area contributed by atoms with E-state index in [9.17, 15) is 5.11 Å². The van der Waals surface area contributed by atoms with Gasteiger partial charge in [-0.15, -0.1) is 0 Å². The molecule has 3 atom stereocenters. The molecule has 0 aromatic carbocycles. The van der Waals surface area contributed by atoms with E-state index < -0.39 is 0 Å². The minimum Gasteiger partial charge on any atom is -0.393 e. The Morgan fingerprint density at radius 3 is 2.75 bits per heavy atom. The summed E-state index contributed by atoms with van der Waals surface area (Å²) in [7, 11) is 0. The molecule has 1 aliphatic carbocycles. The predicted octanol–water partition coefficient (Wildman–Crippen LogP) is 3.38. The van der Waals surface area contributed by atoms with E-state index >= 15 is 0 Å². The van der Waals surface area contributed by atoms with Gasteiger partial charge in [0, 0.05) is 13.2 Å². The summed E-state index contributed by atoms with van der Waals surface area (Å²) in [5.74, 6) is 1.38. The summed E-state index contributed by atoms with van der Waals surface area (Å²) in [6.45, 7) is 5.93. The van der Waals surface area contributed by atoms with Crippen molar-refractivity contribution < 1.29 is 9.84 Å². The summed E-state index contributed by atoms with van der Waals surface area (Å²) in [5.41, 5.74) is 0. The number of aliphatic hydroxyl groups excluding tert-OH is 1. The fourth-order valence-electron chi connectivity index (χ4n) is 2.74. The summed E-state index contributed by atoms with van der Waals surface area (Å²) in [5, 5.41) is 10.1. The first kappa shape index (κ1) is 14.0. The molecule has 1 saturated carbocycles. The summed E-state index contributed by atoms with van der Waals surface area (Å²) in [6.07, 6.45) is 8.14. The molecule has 2 nitrogen and oxygen atoms in total. The highest BCUT2D eigenvalue weighted by Gasteiger charge is 2.26. The second-order valence-electron chi connectivity index (χ2n) is 5.17. The molecule has 1 aliphatic rings. The molecule has 0 amide bonds. The van der Waals surface area contributed by atoms with E-state index in [0.29, 0.717) is 5.92 Å². The topological polar surface area (TPSA) is 29.5 Å². The van der Waals surface area contributed by atoms with E-state index in [0.717, 1.165) is 32.0 Å². The molecule has 0 heterocycles. The van der Waals surface area contributed by atoms with Gasteiger partial charge in [-0.1, -0.05) is 33.1 Å². The Labute approximate surface area is 100 Å². The molecule has 0 bridgehead atoms. The Morgan fingerprint density at radius 1 is 1.25 bits per heavy atom. The third-order valence-corrected chi connectivity index (χ3v) is 3.85. The highest BCUT2D eigenvalue weighted by molar-refractivity contribution is 4.77. The SMILES string of the molecule is CCCOCCC(O)C1CCCC(CC)C1. The van der Waals surface area contributed by atoms with E-state index in [2.05, 4.69) is 13.8 Å². The Morgan fingerprint density at radius 2 is 2.06 bits per heavy atom. The third-order valence-electron chi connectivity index (χ3n) is 3.85. The smallest absolute Gasteiger partial charge is 0.0590 e. The average molecular weight is 228 g/mol. The van der Waals surface area contributed by atoms with Crippen molar-refractivity contribution in [1.29, 1.82) is 0 Å². The van der Waals surface area contributed by atoms with Crippen LogP contribution >= 0.6 is 0 Å². The van der Waals surface area contributed by atoms with Gasteiger partial charge in [0.15, 0.2) is 0 Å². The van der Waals surface area contributed by atoms with Crippen molar-refractivity contribution >= 4 is 0 Å². The van der Waals surface area contributed by atoms with E-state index in [1.54, 1.807) is 0 Å². The van der Waals surface area contributed by atoms with Gasteiger partial charge in [-0.3, -0.25) is 0 Å². The van der Waals surface area contributed by atoms with Gasteiger partial charge in [-0.25, -0.2) is 0 Å². The zero-order chi connectivity index (χ0) is 11.8. The molecule has 16 heavy (non-hydrogen) atoms. The van der Waals surface area contributed by atoms with Crippen molar-refractivity contribution in [3.63, 3.8) is 0 Å². The van der Waals surface area contributed by atoms with Gasteiger partial charge in [-0.2, -0.15) is 0 Å². The van der Waals surface area contributed by atoms with E-state index in [4.69, 9.17) is 4.74 Å². The van der Waals surface area contributed by atoms with Gasteiger partial charge < -0.3 is 9.84 Å². The summed E-state index contributed by atoms with van der Waals surface area (Å²) in [4.78, 5) is 0. The van der Waals surface area contributed by atoms with Crippen molar-refractivity contribution in [3.05, 3.63) is 0 Å². The molecule has 0 aromatic heterocycles. The largest absolute Gasteiger partial charge is 0.393 e. The first-order valence-corrected chi connectivity index (χ1v) is 7.03. The lowest BCUT2D eigenvalue weighted by Crippen LogP contribution is -2.27. The van der Waals surface area contributed by atoms with Crippen LogP contribution in [0.5, 0.6) is 0 Å². The van der Waals surface area contributed by atoms with Crippen LogP contribution in [0.3, 0.4) is 0 Å². The molecule has 1 rings (SSSR count). The van der Waals surface area contributed by atoms with Crippen molar-refractivity contribution in [2.45, 2.75) is 64.9 Å². The zero-order valence-electron chi connectivity index (χ0n) is 11.0. The van der Waals surface area contributed by atoms with Gasteiger partial charge in [0.1, 0.15) is 0 Å². The highest BCUT2D eigenvalue weighted by Crippen LogP contribution is 2.33. The van der Waals surface area contributed by atoms with Gasteiger partial charge in [-0.05, 0) is 37.5 Å². The maximum Gasteiger partial charge on any atom is 0.0590 e. The molecular formula is C14H28O2. The second-order valence-corrected chi connectivity index (χ2v) is 5.17. The van der Waals surface area contributed by atoms with Crippen LogP contribution in [0, 0.1) is 11.8 Å². The quantitative estimate of drug-likeness (QED) is 0.677. The Hall–Kier alpha value is -0.0800. The molecule has 0 radical (unpaired) electrons. The van der Waals surface area contributed by atoms with Crippen LogP contribution in [-0.2, 0) is 4.74 Å². The Bertz CT molecular complexity index is 170. The molecule has 96 valence electrons. The van der Waals surface area contributed by atoms with Gasteiger partial charge in [0.25, 0.3) is 0 Å². The minimum absolute atomic E-state index is 0.133. The van der Waals surface area contributed by atoms with Crippen LogP contribution in [0.25, 0.3) is 0 Å². The lowest BCUT2D eigenvalue weighted by molar-refractivity contribution is 0.0298. The molecule has 0 saturated heterocycles. The zero-order valence-corrected chi connectivity index (χ0v) is 11.0. The molecule has 2 heteroatoms. The first-order chi connectivity index (χ1) is 7.77. The second kappa shape index (κ2) is 8.08. The van der Waals surface area contributed by atoms with Crippen molar-refractivity contribution in [2.75, 3.05) is 13.2 Å². The van der Waals surface area contributed by atoms with Crippen LogP contribution in [0.4, 0.5) is 0 Å². The molecule has 3 unspecified atom stereocenters. The van der Waals surface area contributed by atoms with Crippen LogP contribution in [0.15, 0.2) is 0 Å². The number of hydrogen-bond acceptors (Lipinski definition) is 2. The molecule has 0 aliphatic heterocycles. The van der Waals surface area contributed by atoms with Crippen molar-refractivity contribution in [3.8, 4) is 0 Å². The Balaban J connectivity index is 2.16. The molecule has 0 spiro atoms. The average Bonchev–Trinajstić information content (AvgIpc) is 2.34. The van der Waals surface area contributed by atoms with Crippen LogP contribution in [-0.4, -0.2) is 24.4 Å². The molecule has 1 N–H and O–H groups in total. The van der Waals surface area contributed by atoms with Gasteiger partial charge >= 0.3 is 0 Å². The number of hydrogen-bond donors (Lipinski definition) is 1. The lowest BCUT2D eigenvalue weighted by Gasteiger charge is -2.31. The van der Waals surface area contributed by atoms with Gasteiger partial charge in [0.05, 0.1) is 6.10 Å². The highest BCUT2D eigenvalue weighted by atomic mass is 16.5. The monoisotopic (exact) mass is 228 g/mol. The van der Waals surface area contributed by atoms with Crippen molar-refractivity contribution in [1.82, 2.24) is 0 Å². The maximum atomic E-state index is 10.1. The first-order valence-electron chi connectivity index (χ1n) is 7.03. The Kier molecular flexibility index (Phi) is 7.06. The normalized spacial score (nSPS) is 27.9. The summed E-state index contributed by atoms with van der Waals surface area (Å²) < 4.78 is 5.44. The summed E-state index contributed by atoms with van der Waals surface area (Å²) >= 11 is 0. The number of aliphatic hydroxyl groups is 1. The van der Waals surface area contributed by atoms with Crippen LogP contribution in [0.1, 0.15) is 58.8 Å². The molecule has 1 fully saturated rings. The lowest BCUT2D eigenvalue weighted by atomic mass is 9.77. The van der Waals surface area contributed by atoms with Crippen LogP contribution in [0.2, 0.25) is 0 Å². The maximum absolute atomic E-state index is 10.1. The van der Waals surface area contributed by atoms with E-state index in [1.165, 1.54) is 32.1 Å². The van der Waals surface area contributed by atoms with E-state index in [1.807, 2.05) is 0 Å². The van der Waals surface area contributed by atoms with Gasteiger partial charge in [0.2, 0.25) is 0 Å². The third kappa shape index (κ3) is 4.84. The fourth-order valence-corrected chi connectivity index (χ4v) is 2.74. The molecule has 0 aromatic rings. The fraction of sp³-hybridized carbons (Fsp3) is 1.00. The van der Waals surface area contributed by atoms with Crippen molar-refractivity contribution in [2.24, 2.45) is 11.8 Å². The minimum atomic E-state index is -0.133. The van der Waals surface area contributed by atoms with Crippen LogP contribution < -0.4 is 0 Å². The standard InChI is InChI=1S/C14H28O2/c1-3-9-16-10-8-14(15)13-7-5-6-12(4-2)11-13/h12-15H,3-11H2,1-2H3. The number of ether oxygens (including phenoxy) is 1.